The Balaban J connectivity index is 0.00000186. The maximum atomic E-state index is 5.94. The first-order valence-electron chi connectivity index (χ1n) is 13.2. The standard InChI is InChI=1S/C28H32N6O.C2H6/c1-3-16-34(17-4-2)27-20-26(31-28(32-27)35-18-14-24-11-7-8-15-29-24)21-30-33-25-13-12-22-9-5-6-10-23(22)19-25;1-2/h5-13,15,19-21,33H,3-4,14,16-18H2,1-2H3;1-2H3/b30-21+;. The zero-order valence-electron chi connectivity index (χ0n) is 22.4. The van der Waals surface area contributed by atoms with Crippen LogP contribution in [-0.4, -0.2) is 40.9 Å². The molecule has 194 valence electrons. The molecular weight excluding hydrogens is 460 g/mol. The Morgan fingerprint density at radius 2 is 1.65 bits per heavy atom. The summed E-state index contributed by atoms with van der Waals surface area (Å²) in [5.41, 5.74) is 5.69. The van der Waals surface area contributed by atoms with E-state index in [1.165, 1.54) is 5.39 Å². The summed E-state index contributed by atoms with van der Waals surface area (Å²) in [5, 5.41) is 6.79. The average Bonchev–Trinajstić information content (AvgIpc) is 2.94. The van der Waals surface area contributed by atoms with E-state index in [-0.39, 0.29) is 0 Å². The Labute approximate surface area is 220 Å². The molecule has 0 unspecified atom stereocenters. The van der Waals surface area contributed by atoms with Crippen molar-refractivity contribution in [1.29, 1.82) is 0 Å². The van der Waals surface area contributed by atoms with Gasteiger partial charge in [0, 0.05) is 37.5 Å². The van der Waals surface area contributed by atoms with Crippen molar-refractivity contribution in [2.75, 3.05) is 30.0 Å². The van der Waals surface area contributed by atoms with E-state index >= 15 is 0 Å². The molecule has 0 saturated carbocycles. The van der Waals surface area contributed by atoms with Gasteiger partial charge in [-0.3, -0.25) is 10.4 Å². The van der Waals surface area contributed by atoms with E-state index in [4.69, 9.17) is 9.72 Å². The molecule has 4 rings (SSSR count). The summed E-state index contributed by atoms with van der Waals surface area (Å²) in [6.45, 7) is 10.6. The summed E-state index contributed by atoms with van der Waals surface area (Å²) in [4.78, 5) is 15.9. The van der Waals surface area contributed by atoms with Crippen molar-refractivity contribution in [2.24, 2.45) is 5.10 Å². The number of hydrazone groups is 1. The number of fused-ring (bicyclic) bond motifs is 1. The highest BCUT2D eigenvalue weighted by Crippen LogP contribution is 2.20. The minimum Gasteiger partial charge on any atom is -0.463 e. The number of rotatable bonds is 12. The molecule has 0 saturated heterocycles. The fraction of sp³-hybridized carbons (Fsp3) is 0.333. The van der Waals surface area contributed by atoms with Gasteiger partial charge in [-0.15, -0.1) is 0 Å². The monoisotopic (exact) mass is 498 g/mol. The van der Waals surface area contributed by atoms with Crippen molar-refractivity contribution in [1.82, 2.24) is 15.0 Å². The highest BCUT2D eigenvalue weighted by atomic mass is 16.5. The topological polar surface area (TPSA) is 75.5 Å². The number of aromatic nitrogens is 3. The van der Waals surface area contributed by atoms with E-state index in [9.17, 15) is 0 Å². The number of hydrogen-bond donors (Lipinski definition) is 1. The molecule has 4 aromatic rings. The lowest BCUT2D eigenvalue weighted by Crippen LogP contribution is -2.26. The van der Waals surface area contributed by atoms with Crippen molar-refractivity contribution >= 4 is 28.5 Å². The zero-order chi connectivity index (χ0) is 26.3. The van der Waals surface area contributed by atoms with E-state index in [1.807, 2.05) is 56.3 Å². The van der Waals surface area contributed by atoms with Gasteiger partial charge in [0.25, 0.3) is 0 Å². The van der Waals surface area contributed by atoms with Crippen LogP contribution in [0.15, 0.2) is 78.0 Å². The van der Waals surface area contributed by atoms with E-state index in [0.29, 0.717) is 24.7 Å². The number of nitrogens with zero attached hydrogens (tertiary/aromatic N) is 5. The maximum absolute atomic E-state index is 5.94. The molecule has 0 bridgehead atoms. The smallest absolute Gasteiger partial charge is 0.318 e. The second-order valence-corrected chi connectivity index (χ2v) is 8.27. The lowest BCUT2D eigenvalue weighted by atomic mass is 10.1. The summed E-state index contributed by atoms with van der Waals surface area (Å²) in [5.74, 6) is 0.851. The van der Waals surface area contributed by atoms with Gasteiger partial charge < -0.3 is 9.64 Å². The number of benzene rings is 2. The lowest BCUT2D eigenvalue weighted by Gasteiger charge is -2.23. The van der Waals surface area contributed by atoms with Crippen LogP contribution in [0.5, 0.6) is 6.01 Å². The van der Waals surface area contributed by atoms with Crippen LogP contribution in [0.4, 0.5) is 11.5 Å². The molecule has 0 aliphatic carbocycles. The first kappa shape index (κ1) is 27.6. The predicted molar refractivity (Wildman–Crippen MR) is 155 cm³/mol. The Hall–Kier alpha value is -4.00. The SMILES string of the molecule is CC.CCCN(CCC)c1cc(/C=N/Nc2ccc3ccccc3c2)nc(OCCc2ccccn2)n1. The van der Waals surface area contributed by atoms with Gasteiger partial charge in [-0.25, -0.2) is 0 Å². The molecule has 2 aromatic carbocycles. The summed E-state index contributed by atoms with van der Waals surface area (Å²) >= 11 is 0. The summed E-state index contributed by atoms with van der Waals surface area (Å²) in [6.07, 6.45) is 6.26. The third-order valence-corrected chi connectivity index (χ3v) is 5.48. The van der Waals surface area contributed by atoms with Gasteiger partial charge in [-0.05, 0) is 47.9 Å². The van der Waals surface area contributed by atoms with Gasteiger partial charge in [0.1, 0.15) is 5.82 Å². The molecule has 0 fully saturated rings. The minimum atomic E-state index is 0.350. The molecule has 0 radical (unpaired) electrons. The molecular formula is C30H38N6O. The Morgan fingerprint density at radius 3 is 2.38 bits per heavy atom. The minimum absolute atomic E-state index is 0.350. The molecule has 7 nitrogen and oxygen atoms in total. The molecule has 0 amide bonds. The zero-order valence-corrected chi connectivity index (χ0v) is 22.4. The van der Waals surface area contributed by atoms with Gasteiger partial charge in [0.2, 0.25) is 0 Å². The van der Waals surface area contributed by atoms with Crippen molar-refractivity contribution in [2.45, 2.75) is 47.0 Å². The van der Waals surface area contributed by atoms with Crippen LogP contribution >= 0.6 is 0 Å². The molecule has 0 aliphatic rings. The summed E-state index contributed by atoms with van der Waals surface area (Å²) < 4.78 is 5.94. The van der Waals surface area contributed by atoms with Gasteiger partial charge in [-0.1, -0.05) is 64.1 Å². The average molecular weight is 499 g/mol. The van der Waals surface area contributed by atoms with Crippen LogP contribution in [0, 0.1) is 0 Å². The van der Waals surface area contributed by atoms with Crippen molar-refractivity contribution in [3.8, 4) is 6.01 Å². The number of anilines is 2. The summed E-state index contributed by atoms with van der Waals surface area (Å²) in [7, 11) is 0. The quantitative estimate of drug-likeness (QED) is 0.172. The first-order chi connectivity index (χ1) is 18.2. The molecule has 7 heteroatoms. The van der Waals surface area contributed by atoms with Crippen LogP contribution in [-0.2, 0) is 6.42 Å². The molecule has 0 atom stereocenters. The summed E-state index contributed by atoms with van der Waals surface area (Å²) in [6, 6.07) is 22.6. The van der Waals surface area contributed by atoms with Gasteiger partial charge >= 0.3 is 6.01 Å². The molecule has 2 aromatic heterocycles. The maximum Gasteiger partial charge on any atom is 0.318 e. The number of hydrogen-bond acceptors (Lipinski definition) is 7. The Morgan fingerprint density at radius 1 is 0.892 bits per heavy atom. The molecule has 0 spiro atoms. The van der Waals surface area contributed by atoms with Gasteiger partial charge in [0.05, 0.1) is 24.2 Å². The van der Waals surface area contributed by atoms with Crippen molar-refractivity contribution in [3.05, 3.63) is 84.3 Å². The predicted octanol–water partition coefficient (Wildman–Crippen LogP) is 6.74. The number of ether oxygens (including phenoxy) is 1. The molecule has 37 heavy (non-hydrogen) atoms. The van der Waals surface area contributed by atoms with Crippen LogP contribution in [0.25, 0.3) is 10.8 Å². The Bertz CT molecular complexity index is 1240. The van der Waals surface area contributed by atoms with E-state index in [0.717, 1.165) is 48.5 Å². The second kappa shape index (κ2) is 15.2. The highest BCUT2D eigenvalue weighted by molar-refractivity contribution is 5.86. The third-order valence-electron chi connectivity index (χ3n) is 5.48. The van der Waals surface area contributed by atoms with Crippen LogP contribution in [0.2, 0.25) is 0 Å². The molecule has 2 heterocycles. The lowest BCUT2D eigenvalue weighted by molar-refractivity contribution is 0.295. The number of nitrogens with one attached hydrogen (secondary N) is 1. The molecule has 0 aliphatic heterocycles. The highest BCUT2D eigenvalue weighted by Gasteiger charge is 2.11. The normalized spacial score (nSPS) is 10.7. The van der Waals surface area contributed by atoms with E-state index < -0.39 is 0 Å². The van der Waals surface area contributed by atoms with Crippen LogP contribution < -0.4 is 15.1 Å². The first-order valence-corrected chi connectivity index (χ1v) is 13.2. The van der Waals surface area contributed by atoms with Crippen LogP contribution in [0.1, 0.15) is 51.9 Å². The third kappa shape index (κ3) is 8.56. The number of pyridine rings is 1. The van der Waals surface area contributed by atoms with Crippen LogP contribution in [0.3, 0.4) is 0 Å². The van der Waals surface area contributed by atoms with Crippen molar-refractivity contribution < 1.29 is 4.74 Å². The van der Waals surface area contributed by atoms with Gasteiger partial charge in [-0.2, -0.15) is 15.1 Å². The Kier molecular flexibility index (Phi) is 11.3. The van der Waals surface area contributed by atoms with E-state index in [2.05, 4.69) is 63.5 Å². The fourth-order valence-electron chi connectivity index (χ4n) is 3.83. The van der Waals surface area contributed by atoms with Crippen molar-refractivity contribution in [3.63, 3.8) is 0 Å². The fourth-order valence-corrected chi connectivity index (χ4v) is 3.83. The van der Waals surface area contributed by atoms with E-state index in [1.54, 1.807) is 12.4 Å². The second-order valence-electron chi connectivity index (χ2n) is 8.27. The van der Waals surface area contributed by atoms with Gasteiger partial charge in [0.15, 0.2) is 0 Å². The largest absolute Gasteiger partial charge is 0.463 e. The molecule has 1 N–H and O–H groups in total.